The van der Waals surface area contributed by atoms with Gasteiger partial charge in [0.05, 0.1) is 11.3 Å². The number of benzene rings is 2. The molecule has 2 aliphatic rings. The van der Waals surface area contributed by atoms with Crippen LogP contribution in [0.25, 0.3) is 0 Å². The molecule has 2 aliphatic heterocycles. The van der Waals surface area contributed by atoms with Crippen molar-refractivity contribution in [3.8, 4) is 0 Å². The fourth-order valence-electron chi connectivity index (χ4n) is 4.55. The third-order valence-electron chi connectivity index (χ3n) is 6.65. The molecule has 2 aromatic carbocycles. The molecule has 2 N–H and O–H groups in total. The second kappa shape index (κ2) is 11.7. The van der Waals surface area contributed by atoms with Gasteiger partial charge in [0.25, 0.3) is 10.0 Å². The Hall–Kier alpha value is -3.17. The molecule has 0 saturated carbocycles. The highest BCUT2D eigenvalue weighted by atomic mass is 32.2. The summed E-state index contributed by atoms with van der Waals surface area (Å²) >= 11 is 0. The molecule has 36 heavy (non-hydrogen) atoms. The number of aryl methyl sites for hydroxylation is 1. The van der Waals surface area contributed by atoms with Crippen molar-refractivity contribution in [1.29, 1.82) is 0 Å². The number of hydrogen-bond acceptors (Lipinski definition) is 5. The van der Waals surface area contributed by atoms with Crippen LogP contribution in [0.15, 0.2) is 65.8 Å². The summed E-state index contributed by atoms with van der Waals surface area (Å²) in [4.78, 5) is 27.7. The summed E-state index contributed by atoms with van der Waals surface area (Å²) in [5.74, 6) is -0.913. The summed E-state index contributed by atoms with van der Waals surface area (Å²) in [6, 6.07) is 13.7. The van der Waals surface area contributed by atoms with Gasteiger partial charge in [0, 0.05) is 25.5 Å². The number of sulfonamides is 1. The number of carbonyl (C=O) groups is 2. The second-order valence-corrected chi connectivity index (χ2v) is 11.3. The van der Waals surface area contributed by atoms with E-state index >= 15 is 0 Å². The molecule has 0 aromatic heterocycles. The molecule has 2 aromatic rings. The first-order valence-corrected chi connectivity index (χ1v) is 13.9. The van der Waals surface area contributed by atoms with Gasteiger partial charge in [0.1, 0.15) is 6.04 Å². The van der Waals surface area contributed by atoms with Crippen molar-refractivity contribution >= 4 is 21.8 Å². The summed E-state index contributed by atoms with van der Waals surface area (Å²) < 4.78 is 27.3. The monoisotopic (exact) mass is 510 g/mol. The Balaban J connectivity index is 1.30. The van der Waals surface area contributed by atoms with Gasteiger partial charge in [-0.05, 0) is 62.5 Å². The van der Waals surface area contributed by atoms with E-state index in [-0.39, 0.29) is 17.2 Å². The zero-order chi connectivity index (χ0) is 25.5. The van der Waals surface area contributed by atoms with E-state index in [9.17, 15) is 18.0 Å². The molecule has 1 saturated heterocycles. The molecular formula is C27H34N4O4S. The molecule has 2 amide bonds. The maximum atomic E-state index is 13.1. The lowest BCUT2D eigenvalue weighted by molar-refractivity contribution is -0.129. The van der Waals surface area contributed by atoms with E-state index in [0.717, 1.165) is 35.1 Å². The number of piperidine rings is 1. The van der Waals surface area contributed by atoms with E-state index in [2.05, 4.69) is 39.8 Å². The molecule has 2 heterocycles. The fraction of sp³-hybridized carbons (Fsp3) is 0.407. The fourth-order valence-corrected chi connectivity index (χ4v) is 6.00. The Bertz CT molecular complexity index is 1190. The summed E-state index contributed by atoms with van der Waals surface area (Å²) in [6.45, 7) is 5.55. The zero-order valence-electron chi connectivity index (χ0n) is 20.7. The molecule has 0 radical (unpaired) electrons. The third kappa shape index (κ3) is 6.53. The van der Waals surface area contributed by atoms with Gasteiger partial charge >= 0.3 is 0 Å². The molecule has 9 heteroatoms. The Kier molecular flexibility index (Phi) is 8.43. The van der Waals surface area contributed by atoms with Gasteiger partial charge in [-0.3, -0.25) is 18.8 Å². The van der Waals surface area contributed by atoms with Gasteiger partial charge < -0.3 is 10.6 Å². The van der Waals surface area contributed by atoms with Gasteiger partial charge in [-0.2, -0.15) is 0 Å². The molecule has 1 atom stereocenters. The Morgan fingerprint density at radius 3 is 2.36 bits per heavy atom. The number of carbonyl (C=O) groups excluding carboxylic acids is 2. The minimum atomic E-state index is -3.98. The average molecular weight is 511 g/mol. The van der Waals surface area contributed by atoms with Crippen molar-refractivity contribution < 1.29 is 18.0 Å². The topological polar surface area (TPSA) is 98.8 Å². The van der Waals surface area contributed by atoms with Crippen molar-refractivity contribution in [1.82, 2.24) is 19.8 Å². The lowest BCUT2D eigenvalue weighted by Crippen LogP contribution is -2.51. The van der Waals surface area contributed by atoms with Crippen LogP contribution in [0.2, 0.25) is 0 Å². The van der Waals surface area contributed by atoms with E-state index in [1.54, 1.807) is 12.1 Å². The summed E-state index contributed by atoms with van der Waals surface area (Å²) in [6.07, 6.45) is 6.81. The van der Waals surface area contributed by atoms with Gasteiger partial charge in [0.15, 0.2) is 0 Å². The van der Waals surface area contributed by atoms with Crippen LogP contribution in [0.5, 0.6) is 0 Å². The van der Waals surface area contributed by atoms with E-state index in [1.807, 2.05) is 6.92 Å². The zero-order valence-corrected chi connectivity index (χ0v) is 21.5. The van der Waals surface area contributed by atoms with Crippen LogP contribution in [0.3, 0.4) is 0 Å². The quantitative estimate of drug-likeness (QED) is 0.541. The molecule has 1 fully saturated rings. The van der Waals surface area contributed by atoms with Crippen molar-refractivity contribution in [3.05, 3.63) is 77.6 Å². The maximum absolute atomic E-state index is 13.1. The van der Waals surface area contributed by atoms with Crippen molar-refractivity contribution in [2.75, 3.05) is 19.6 Å². The molecule has 4 rings (SSSR count). The van der Waals surface area contributed by atoms with Gasteiger partial charge in [-0.15, -0.1) is 0 Å². The van der Waals surface area contributed by atoms with Crippen LogP contribution in [0, 0.1) is 6.92 Å². The summed E-state index contributed by atoms with van der Waals surface area (Å²) in [7, 11) is -3.98. The van der Waals surface area contributed by atoms with Crippen LogP contribution in [-0.2, 0) is 32.6 Å². The lowest BCUT2D eigenvalue weighted by Gasteiger charge is -2.31. The first-order valence-electron chi connectivity index (χ1n) is 12.5. The lowest BCUT2D eigenvalue weighted by atomic mass is 10.1. The van der Waals surface area contributed by atoms with E-state index in [4.69, 9.17) is 0 Å². The number of rotatable bonds is 9. The highest BCUT2D eigenvalue weighted by Gasteiger charge is 2.36. The third-order valence-corrected chi connectivity index (χ3v) is 8.44. The Labute approximate surface area is 213 Å². The number of nitrogens with one attached hydrogen (secondary N) is 2. The van der Waals surface area contributed by atoms with Crippen LogP contribution >= 0.6 is 0 Å². The first kappa shape index (κ1) is 25.9. The Morgan fingerprint density at radius 1 is 1.00 bits per heavy atom. The van der Waals surface area contributed by atoms with E-state index < -0.39 is 22.0 Å². The SMILES string of the molecule is Cc1ccc(S(=O)(=O)N2C=CNC(=O)C2CC(=O)NCCc2ccc(CN3CCCCC3)cc2)cc1. The first-order chi connectivity index (χ1) is 17.3. The number of amides is 2. The largest absolute Gasteiger partial charge is 0.356 e. The highest BCUT2D eigenvalue weighted by Crippen LogP contribution is 2.23. The molecule has 0 bridgehead atoms. The predicted molar refractivity (Wildman–Crippen MR) is 138 cm³/mol. The summed E-state index contributed by atoms with van der Waals surface area (Å²) in [5, 5.41) is 5.33. The average Bonchev–Trinajstić information content (AvgIpc) is 2.87. The second-order valence-electron chi connectivity index (χ2n) is 9.45. The molecule has 0 aliphatic carbocycles. The van der Waals surface area contributed by atoms with Crippen LogP contribution in [0.1, 0.15) is 42.4 Å². The minimum Gasteiger partial charge on any atom is -0.356 e. The van der Waals surface area contributed by atoms with E-state index in [1.165, 1.54) is 49.4 Å². The van der Waals surface area contributed by atoms with Crippen molar-refractivity contribution in [2.45, 2.75) is 56.5 Å². The van der Waals surface area contributed by atoms with Crippen LogP contribution in [0.4, 0.5) is 0 Å². The Morgan fingerprint density at radius 2 is 1.67 bits per heavy atom. The molecule has 0 spiro atoms. The normalized spacial score (nSPS) is 18.6. The minimum absolute atomic E-state index is 0.0709. The van der Waals surface area contributed by atoms with E-state index in [0.29, 0.717) is 13.0 Å². The van der Waals surface area contributed by atoms with Gasteiger partial charge in [-0.25, -0.2) is 8.42 Å². The smallest absolute Gasteiger partial charge is 0.264 e. The molecule has 8 nitrogen and oxygen atoms in total. The summed E-state index contributed by atoms with van der Waals surface area (Å²) in [5.41, 5.74) is 3.32. The molecule has 192 valence electrons. The number of nitrogens with zero attached hydrogens (tertiary/aromatic N) is 2. The number of hydrogen-bond donors (Lipinski definition) is 2. The number of likely N-dealkylation sites (tertiary alicyclic amines) is 1. The van der Waals surface area contributed by atoms with Crippen LogP contribution < -0.4 is 10.6 Å². The predicted octanol–water partition coefficient (Wildman–Crippen LogP) is 2.69. The van der Waals surface area contributed by atoms with Gasteiger partial charge in [0.2, 0.25) is 11.8 Å². The van der Waals surface area contributed by atoms with Gasteiger partial charge in [-0.1, -0.05) is 48.4 Å². The van der Waals surface area contributed by atoms with Crippen LogP contribution in [-0.4, -0.2) is 55.1 Å². The molecule has 1 unspecified atom stereocenters. The maximum Gasteiger partial charge on any atom is 0.264 e. The standard InChI is InChI=1S/C27H34N4O4S/c1-21-5-11-24(12-6-21)36(34,35)31-18-15-29-27(33)25(31)19-26(32)28-14-13-22-7-9-23(10-8-22)20-30-16-3-2-4-17-30/h5-12,15,18,25H,2-4,13-14,16-17,19-20H2,1H3,(H,28,32)(H,29,33). The van der Waals surface area contributed by atoms with Crippen molar-refractivity contribution in [3.63, 3.8) is 0 Å². The van der Waals surface area contributed by atoms with Crippen molar-refractivity contribution in [2.24, 2.45) is 0 Å². The molecular weight excluding hydrogens is 476 g/mol. The highest BCUT2D eigenvalue weighted by molar-refractivity contribution is 7.89.